The molecule has 2 N–H and O–H groups in total. The van der Waals surface area contributed by atoms with Gasteiger partial charge in [0.1, 0.15) is 0 Å². The van der Waals surface area contributed by atoms with Gasteiger partial charge in [-0.25, -0.2) is 0 Å². The van der Waals surface area contributed by atoms with Crippen LogP contribution >= 0.6 is 23.1 Å². The number of rotatable bonds is 4. The lowest BCUT2D eigenvalue weighted by atomic mass is 10.2. The summed E-state index contributed by atoms with van der Waals surface area (Å²) in [4.78, 5) is 18.5. The van der Waals surface area contributed by atoms with E-state index in [1.54, 1.807) is 35.4 Å². The van der Waals surface area contributed by atoms with Crippen LogP contribution in [0.4, 0.5) is 0 Å². The number of thiophene rings is 1. The average molecular weight is 326 g/mol. The molecule has 0 aliphatic heterocycles. The number of fused-ring (bicyclic) bond motifs is 1. The van der Waals surface area contributed by atoms with E-state index in [0.717, 1.165) is 24.8 Å². The van der Waals surface area contributed by atoms with Gasteiger partial charge in [0.15, 0.2) is 0 Å². The van der Waals surface area contributed by atoms with E-state index in [0.29, 0.717) is 0 Å². The Balaban J connectivity index is 2.06. The van der Waals surface area contributed by atoms with Crippen LogP contribution in [0.3, 0.4) is 0 Å². The van der Waals surface area contributed by atoms with Crippen LogP contribution in [-0.2, 0) is 4.79 Å². The summed E-state index contributed by atoms with van der Waals surface area (Å²) in [5.74, 6) is -0.443. The number of amides is 1. The zero-order valence-corrected chi connectivity index (χ0v) is 13.6. The van der Waals surface area contributed by atoms with E-state index in [1.807, 2.05) is 12.3 Å². The molecule has 2 heterocycles. The third-order valence-corrected chi connectivity index (χ3v) is 5.50. The van der Waals surface area contributed by atoms with Crippen molar-refractivity contribution >= 4 is 45.2 Å². The topological polar surface area (TPSA) is 56.0 Å². The van der Waals surface area contributed by atoms with Gasteiger partial charge in [-0.3, -0.25) is 9.78 Å². The Morgan fingerprint density at radius 3 is 2.77 bits per heavy atom. The Morgan fingerprint density at radius 1 is 1.27 bits per heavy atom. The lowest BCUT2D eigenvalue weighted by molar-refractivity contribution is -0.113. The van der Waals surface area contributed by atoms with E-state index < -0.39 is 5.91 Å². The third kappa shape index (κ3) is 3.21. The van der Waals surface area contributed by atoms with Gasteiger partial charge in [0.05, 0.1) is 4.70 Å². The second kappa shape index (κ2) is 6.34. The smallest absolute Gasteiger partial charge is 0.241 e. The number of carbonyl (C=O) groups excluding carboxylic acids is 1. The number of primary amides is 1. The molecule has 0 radical (unpaired) electrons. The quantitative estimate of drug-likeness (QED) is 0.729. The summed E-state index contributed by atoms with van der Waals surface area (Å²) in [6, 6.07) is 10.4. The number of nitrogens with zero attached hydrogens (tertiary/aromatic N) is 1. The Bertz CT molecular complexity index is 851. The van der Waals surface area contributed by atoms with Gasteiger partial charge < -0.3 is 5.73 Å². The maximum Gasteiger partial charge on any atom is 0.241 e. The molecule has 110 valence electrons. The van der Waals surface area contributed by atoms with Crippen molar-refractivity contribution in [3.8, 4) is 0 Å². The van der Waals surface area contributed by atoms with Gasteiger partial charge in [0.25, 0.3) is 0 Å². The first kappa shape index (κ1) is 14.8. The number of nitrogens with two attached hydrogens (primary N) is 1. The van der Waals surface area contributed by atoms with Crippen molar-refractivity contribution in [2.45, 2.75) is 16.7 Å². The van der Waals surface area contributed by atoms with Crippen molar-refractivity contribution in [3.63, 3.8) is 0 Å². The molecular weight excluding hydrogens is 312 g/mol. The van der Waals surface area contributed by atoms with E-state index in [4.69, 9.17) is 5.73 Å². The molecule has 5 heteroatoms. The summed E-state index contributed by atoms with van der Waals surface area (Å²) in [5.41, 5.74) is 6.45. The highest BCUT2D eigenvalue weighted by molar-refractivity contribution is 7.99. The van der Waals surface area contributed by atoms with Crippen LogP contribution in [-0.4, -0.2) is 10.9 Å². The van der Waals surface area contributed by atoms with Crippen molar-refractivity contribution < 1.29 is 4.79 Å². The van der Waals surface area contributed by atoms with Crippen LogP contribution in [0.25, 0.3) is 16.2 Å². The second-order valence-corrected chi connectivity index (χ2v) is 6.99. The number of hydrogen-bond donors (Lipinski definition) is 1. The molecule has 3 nitrogen and oxygen atoms in total. The summed E-state index contributed by atoms with van der Waals surface area (Å²) in [7, 11) is 0. The Kier molecular flexibility index (Phi) is 4.27. The largest absolute Gasteiger partial charge is 0.366 e. The maximum absolute atomic E-state index is 11.0. The minimum Gasteiger partial charge on any atom is -0.366 e. The molecule has 1 aromatic carbocycles. The van der Waals surface area contributed by atoms with Gasteiger partial charge in [-0.15, -0.1) is 11.3 Å². The van der Waals surface area contributed by atoms with E-state index in [1.165, 1.54) is 11.6 Å². The number of aryl methyl sites for hydroxylation is 1. The number of benzene rings is 1. The molecule has 1 amide bonds. The lowest BCUT2D eigenvalue weighted by Crippen LogP contribution is -2.04. The fourth-order valence-electron chi connectivity index (χ4n) is 2.04. The summed E-state index contributed by atoms with van der Waals surface area (Å²) in [6.45, 7) is 2.07. The van der Waals surface area contributed by atoms with Crippen molar-refractivity contribution in [3.05, 3.63) is 59.2 Å². The minimum absolute atomic E-state index is 0.443. The zero-order chi connectivity index (χ0) is 15.5. The van der Waals surface area contributed by atoms with Gasteiger partial charge in [-0.2, -0.15) is 0 Å². The molecule has 3 aromatic rings. The molecule has 0 fully saturated rings. The predicted octanol–water partition coefficient (Wildman–Crippen LogP) is 4.25. The molecular formula is C17H14N2OS2. The number of aromatic nitrogens is 1. The first-order valence-electron chi connectivity index (χ1n) is 6.72. The Morgan fingerprint density at radius 2 is 2.05 bits per heavy atom. The Labute approximate surface area is 136 Å². The molecule has 0 saturated carbocycles. The van der Waals surface area contributed by atoms with Crippen LogP contribution in [0.5, 0.6) is 0 Å². The monoisotopic (exact) mass is 326 g/mol. The van der Waals surface area contributed by atoms with Crippen molar-refractivity contribution in [1.82, 2.24) is 4.98 Å². The summed E-state index contributed by atoms with van der Waals surface area (Å²) >= 11 is 3.30. The zero-order valence-electron chi connectivity index (χ0n) is 11.9. The first-order valence-corrected chi connectivity index (χ1v) is 8.35. The maximum atomic E-state index is 11.0. The molecule has 0 spiro atoms. The van der Waals surface area contributed by atoms with E-state index in [-0.39, 0.29) is 0 Å². The fraction of sp³-hybridized carbons (Fsp3) is 0.0588. The molecule has 0 bridgehead atoms. The predicted molar refractivity (Wildman–Crippen MR) is 93.2 cm³/mol. The van der Waals surface area contributed by atoms with Crippen molar-refractivity contribution in [1.29, 1.82) is 0 Å². The van der Waals surface area contributed by atoms with Gasteiger partial charge in [0.2, 0.25) is 5.91 Å². The van der Waals surface area contributed by atoms with Crippen LogP contribution in [0, 0.1) is 6.92 Å². The van der Waals surface area contributed by atoms with Gasteiger partial charge in [-0.1, -0.05) is 29.5 Å². The second-order valence-electron chi connectivity index (χ2n) is 4.82. The summed E-state index contributed by atoms with van der Waals surface area (Å²) < 4.78 is 1.10. The standard InChI is InChI=1S/C17H14N2OS2/c1-11-2-4-12(5-3-11)21-17-13-8-9-19-10-15(13)22-14(17)6-7-16(18)20/h2-10H,1H3,(H2,18,20)/b7-6+. The highest BCUT2D eigenvalue weighted by Gasteiger charge is 2.12. The number of carbonyl (C=O) groups is 1. The SMILES string of the molecule is Cc1ccc(Sc2c(/C=C/C(N)=O)sc3cnccc23)cc1. The number of hydrogen-bond acceptors (Lipinski definition) is 4. The first-order chi connectivity index (χ1) is 10.6. The molecule has 0 aliphatic carbocycles. The summed E-state index contributed by atoms with van der Waals surface area (Å²) in [6.07, 6.45) is 6.82. The van der Waals surface area contributed by atoms with Gasteiger partial charge in [0, 0.05) is 38.5 Å². The summed E-state index contributed by atoms with van der Waals surface area (Å²) in [5, 5.41) is 1.15. The highest BCUT2D eigenvalue weighted by Crippen LogP contribution is 2.41. The van der Waals surface area contributed by atoms with Crippen molar-refractivity contribution in [2.24, 2.45) is 5.73 Å². The van der Waals surface area contributed by atoms with Crippen LogP contribution in [0.2, 0.25) is 0 Å². The molecule has 0 saturated heterocycles. The number of pyridine rings is 1. The molecule has 2 aromatic heterocycles. The van der Waals surface area contributed by atoms with E-state index >= 15 is 0 Å². The minimum atomic E-state index is -0.443. The van der Waals surface area contributed by atoms with Crippen molar-refractivity contribution in [2.75, 3.05) is 0 Å². The van der Waals surface area contributed by atoms with Crippen LogP contribution in [0.15, 0.2) is 58.6 Å². The molecule has 0 aliphatic rings. The van der Waals surface area contributed by atoms with Crippen LogP contribution < -0.4 is 5.73 Å². The molecule has 0 unspecified atom stereocenters. The highest BCUT2D eigenvalue weighted by atomic mass is 32.2. The molecule has 0 atom stereocenters. The normalized spacial score (nSPS) is 11.3. The fourth-order valence-corrected chi connectivity index (χ4v) is 4.29. The lowest BCUT2D eigenvalue weighted by Gasteiger charge is -2.03. The van der Waals surface area contributed by atoms with E-state index in [2.05, 4.69) is 36.2 Å². The van der Waals surface area contributed by atoms with Gasteiger partial charge >= 0.3 is 0 Å². The van der Waals surface area contributed by atoms with E-state index in [9.17, 15) is 4.79 Å². The molecule has 3 rings (SSSR count). The average Bonchev–Trinajstić information content (AvgIpc) is 2.85. The van der Waals surface area contributed by atoms with Crippen LogP contribution in [0.1, 0.15) is 10.4 Å². The van der Waals surface area contributed by atoms with Gasteiger partial charge in [-0.05, 0) is 31.2 Å². The molecule has 22 heavy (non-hydrogen) atoms. The Hall–Kier alpha value is -2.11. The third-order valence-electron chi connectivity index (χ3n) is 3.11.